The Morgan fingerprint density at radius 3 is 2.58 bits per heavy atom. The first-order chi connectivity index (χ1) is 9.04. The van der Waals surface area contributed by atoms with E-state index in [1.165, 1.54) is 6.07 Å². The van der Waals surface area contributed by atoms with E-state index in [0.29, 0.717) is 12.8 Å². The van der Waals surface area contributed by atoms with Gasteiger partial charge >= 0.3 is 0 Å². The van der Waals surface area contributed by atoms with Gasteiger partial charge in [0, 0.05) is 19.5 Å². The number of likely N-dealkylation sites (tertiary alicyclic amines) is 1. The number of rotatable bonds is 4. The van der Waals surface area contributed by atoms with E-state index in [2.05, 4.69) is 11.8 Å². The summed E-state index contributed by atoms with van der Waals surface area (Å²) in [4.78, 5) is 2.30. The van der Waals surface area contributed by atoms with Gasteiger partial charge in [-0.1, -0.05) is 19.1 Å². The molecule has 0 amide bonds. The highest BCUT2D eigenvalue weighted by atomic mass is 19.2. The van der Waals surface area contributed by atoms with Crippen LogP contribution in [0.15, 0.2) is 18.2 Å². The third kappa shape index (κ3) is 3.51. The SMILES string of the molecule is CCCN1CCC(O)(Cc2cccc(F)c2F)CC1. The quantitative estimate of drug-likeness (QED) is 0.908. The first kappa shape index (κ1) is 14.4. The molecular formula is C15H21F2NO. The van der Waals surface area contributed by atoms with Crippen molar-refractivity contribution < 1.29 is 13.9 Å². The van der Waals surface area contributed by atoms with E-state index in [-0.39, 0.29) is 12.0 Å². The average Bonchev–Trinajstić information content (AvgIpc) is 2.38. The molecule has 1 aliphatic rings. The molecule has 0 bridgehead atoms. The number of nitrogens with zero attached hydrogens (tertiary/aromatic N) is 1. The maximum absolute atomic E-state index is 13.6. The van der Waals surface area contributed by atoms with Crippen LogP contribution in [-0.4, -0.2) is 35.2 Å². The lowest BCUT2D eigenvalue weighted by Gasteiger charge is -2.38. The smallest absolute Gasteiger partial charge is 0.162 e. The Labute approximate surface area is 113 Å². The molecule has 1 heterocycles. The molecular weight excluding hydrogens is 248 g/mol. The Balaban J connectivity index is 2.01. The van der Waals surface area contributed by atoms with Crippen molar-refractivity contribution in [2.45, 2.75) is 38.2 Å². The molecule has 0 atom stereocenters. The van der Waals surface area contributed by atoms with Crippen LogP contribution in [-0.2, 0) is 6.42 Å². The van der Waals surface area contributed by atoms with E-state index in [4.69, 9.17) is 0 Å². The predicted octanol–water partition coefficient (Wildman–Crippen LogP) is 2.74. The van der Waals surface area contributed by atoms with E-state index in [0.717, 1.165) is 32.1 Å². The van der Waals surface area contributed by atoms with Gasteiger partial charge in [0.25, 0.3) is 0 Å². The largest absolute Gasteiger partial charge is 0.389 e. The second-order valence-electron chi connectivity index (χ2n) is 5.46. The van der Waals surface area contributed by atoms with Crippen molar-refractivity contribution in [3.8, 4) is 0 Å². The Bertz CT molecular complexity index is 428. The molecule has 1 aromatic rings. The molecule has 19 heavy (non-hydrogen) atoms. The first-order valence-electron chi connectivity index (χ1n) is 6.92. The maximum atomic E-state index is 13.6. The molecule has 1 N–H and O–H groups in total. The minimum absolute atomic E-state index is 0.191. The van der Waals surface area contributed by atoms with Gasteiger partial charge in [0.15, 0.2) is 11.6 Å². The fourth-order valence-corrected chi connectivity index (χ4v) is 2.73. The summed E-state index contributed by atoms with van der Waals surface area (Å²) in [7, 11) is 0. The zero-order valence-corrected chi connectivity index (χ0v) is 11.3. The Kier molecular flexibility index (Phi) is 4.53. The highest BCUT2D eigenvalue weighted by molar-refractivity contribution is 5.21. The molecule has 0 aromatic heterocycles. The summed E-state index contributed by atoms with van der Waals surface area (Å²) in [6.45, 7) is 4.80. The highest BCUT2D eigenvalue weighted by Gasteiger charge is 2.33. The number of piperidine rings is 1. The standard InChI is InChI=1S/C15H21F2NO/c1-2-8-18-9-6-15(19,7-10-18)11-12-4-3-5-13(16)14(12)17/h3-5,19H,2,6-11H2,1H3. The molecule has 0 saturated carbocycles. The zero-order valence-electron chi connectivity index (χ0n) is 11.3. The summed E-state index contributed by atoms with van der Waals surface area (Å²) >= 11 is 0. The number of aliphatic hydroxyl groups is 1. The molecule has 0 spiro atoms. The predicted molar refractivity (Wildman–Crippen MR) is 71.0 cm³/mol. The third-order valence-corrected chi connectivity index (χ3v) is 3.88. The first-order valence-corrected chi connectivity index (χ1v) is 6.92. The van der Waals surface area contributed by atoms with Gasteiger partial charge in [-0.3, -0.25) is 0 Å². The van der Waals surface area contributed by atoms with E-state index in [1.54, 1.807) is 6.07 Å². The van der Waals surface area contributed by atoms with Crippen LogP contribution in [0.3, 0.4) is 0 Å². The van der Waals surface area contributed by atoms with Crippen molar-refractivity contribution in [2.24, 2.45) is 0 Å². The van der Waals surface area contributed by atoms with Gasteiger partial charge in [0.1, 0.15) is 0 Å². The average molecular weight is 269 g/mol. The maximum Gasteiger partial charge on any atom is 0.162 e. The lowest BCUT2D eigenvalue weighted by Crippen LogP contribution is -2.46. The fraction of sp³-hybridized carbons (Fsp3) is 0.600. The van der Waals surface area contributed by atoms with Crippen LogP contribution in [0.4, 0.5) is 8.78 Å². The summed E-state index contributed by atoms with van der Waals surface area (Å²) in [5.41, 5.74) is -0.634. The van der Waals surface area contributed by atoms with Gasteiger partial charge in [0.2, 0.25) is 0 Å². The summed E-state index contributed by atoms with van der Waals surface area (Å²) in [6, 6.07) is 4.14. The monoisotopic (exact) mass is 269 g/mol. The molecule has 1 saturated heterocycles. The minimum Gasteiger partial charge on any atom is -0.389 e. The van der Waals surface area contributed by atoms with Crippen molar-refractivity contribution in [2.75, 3.05) is 19.6 Å². The van der Waals surface area contributed by atoms with Crippen LogP contribution in [0.5, 0.6) is 0 Å². The van der Waals surface area contributed by atoms with Crippen molar-refractivity contribution in [3.05, 3.63) is 35.4 Å². The van der Waals surface area contributed by atoms with Crippen LogP contribution in [0.25, 0.3) is 0 Å². The summed E-state index contributed by atoms with van der Waals surface area (Å²) in [6.07, 6.45) is 2.51. The third-order valence-electron chi connectivity index (χ3n) is 3.88. The molecule has 1 fully saturated rings. The summed E-state index contributed by atoms with van der Waals surface area (Å²) in [5, 5.41) is 10.5. The van der Waals surface area contributed by atoms with Gasteiger partial charge in [-0.2, -0.15) is 0 Å². The Hall–Kier alpha value is -1.00. The second-order valence-corrected chi connectivity index (χ2v) is 5.46. The normalized spacial score (nSPS) is 19.6. The van der Waals surface area contributed by atoms with E-state index in [1.807, 2.05) is 0 Å². The van der Waals surface area contributed by atoms with E-state index < -0.39 is 17.2 Å². The molecule has 2 rings (SSSR count). The lowest BCUT2D eigenvalue weighted by atomic mass is 9.85. The highest BCUT2D eigenvalue weighted by Crippen LogP contribution is 2.27. The number of hydrogen-bond donors (Lipinski definition) is 1. The molecule has 1 aromatic carbocycles. The second kappa shape index (κ2) is 5.97. The molecule has 0 radical (unpaired) electrons. The Morgan fingerprint density at radius 2 is 1.95 bits per heavy atom. The molecule has 2 nitrogen and oxygen atoms in total. The molecule has 4 heteroatoms. The van der Waals surface area contributed by atoms with E-state index >= 15 is 0 Å². The van der Waals surface area contributed by atoms with Gasteiger partial charge in [0.05, 0.1) is 5.60 Å². The Morgan fingerprint density at radius 1 is 1.26 bits per heavy atom. The fourth-order valence-electron chi connectivity index (χ4n) is 2.73. The van der Waals surface area contributed by atoms with Gasteiger partial charge in [-0.25, -0.2) is 8.78 Å². The molecule has 106 valence electrons. The van der Waals surface area contributed by atoms with Crippen LogP contribution in [0.1, 0.15) is 31.7 Å². The summed E-state index contributed by atoms with van der Waals surface area (Å²) in [5.74, 6) is -1.67. The molecule has 0 unspecified atom stereocenters. The van der Waals surface area contributed by atoms with Crippen molar-refractivity contribution in [3.63, 3.8) is 0 Å². The topological polar surface area (TPSA) is 23.5 Å². The number of benzene rings is 1. The summed E-state index contributed by atoms with van der Waals surface area (Å²) < 4.78 is 26.8. The van der Waals surface area contributed by atoms with E-state index in [9.17, 15) is 13.9 Å². The molecule has 0 aliphatic carbocycles. The van der Waals surface area contributed by atoms with Gasteiger partial charge in [-0.05, 0) is 37.4 Å². The van der Waals surface area contributed by atoms with Crippen molar-refractivity contribution >= 4 is 0 Å². The number of hydrogen-bond acceptors (Lipinski definition) is 2. The van der Waals surface area contributed by atoms with Gasteiger partial charge in [-0.15, -0.1) is 0 Å². The zero-order chi connectivity index (χ0) is 13.9. The van der Waals surface area contributed by atoms with Crippen molar-refractivity contribution in [1.29, 1.82) is 0 Å². The lowest BCUT2D eigenvalue weighted by molar-refractivity contribution is -0.0211. The number of halogens is 2. The molecule has 1 aliphatic heterocycles. The van der Waals surface area contributed by atoms with Gasteiger partial charge < -0.3 is 10.0 Å². The van der Waals surface area contributed by atoms with Crippen LogP contribution in [0.2, 0.25) is 0 Å². The van der Waals surface area contributed by atoms with Crippen molar-refractivity contribution in [1.82, 2.24) is 4.90 Å². The van der Waals surface area contributed by atoms with Crippen LogP contribution >= 0.6 is 0 Å². The van der Waals surface area contributed by atoms with Crippen LogP contribution in [0, 0.1) is 11.6 Å². The minimum atomic E-state index is -0.904. The van der Waals surface area contributed by atoms with Crippen LogP contribution < -0.4 is 0 Å².